The van der Waals surface area contributed by atoms with Crippen molar-refractivity contribution >= 4 is 22.4 Å². The van der Waals surface area contributed by atoms with Gasteiger partial charge in [0.1, 0.15) is 5.01 Å². The average Bonchev–Trinajstić information content (AvgIpc) is 2.93. The van der Waals surface area contributed by atoms with E-state index < -0.39 is 0 Å². The van der Waals surface area contributed by atoms with Crippen molar-refractivity contribution in [2.45, 2.75) is 45.4 Å². The van der Waals surface area contributed by atoms with Crippen molar-refractivity contribution in [1.29, 1.82) is 0 Å². The molecule has 1 heterocycles. The second-order valence-corrected chi connectivity index (χ2v) is 6.23. The topological polar surface area (TPSA) is 54.9 Å². The summed E-state index contributed by atoms with van der Waals surface area (Å²) in [5, 5.41) is 12.6. The van der Waals surface area contributed by atoms with Crippen LogP contribution >= 0.6 is 11.3 Å². The number of carbonyl (C=O) groups excluding carboxylic acids is 1. The highest BCUT2D eigenvalue weighted by Crippen LogP contribution is 2.24. The molecule has 0 fully saturated rings. The molecule has 0 radical (unpaired) electrons. The molecule has 21 heavy (non-hydrogen) atoms. The van der Waals surface area contributed by atoms with Crippen LogP contribution in [0, 0.1) is 0 Å². The van der Waals surface area contributed by atoms with Crippen LogP contribution in [0.1, 0.15) is 49.6 Å². The molecule has 0 aliphatic carbocycles. The van der Waals surface area contributed by atoms with Crippen molar-refractivity contribution in [3.05, 3.63) is 40.9 Å². The Morgan fingerprint density at radius 1 is 1.29 bits per heavy atom. The van der Waals surface area contributed by atoms with Crippen LogP contribution in [-0.4, -0.2) is 16.1 Å². The molecular formula is C16H21N3OS. The number of unbranched alkanes of at least 4 members (excludes halogenated alkanes) is 1. The van der Waals surface area contributed by atoms with Gasteiger partial charge in [0.25, 0.3) is 0 Å². The predicted octanol–water partition coefficient (Wildman–Crippen LogP) is 4.01. The van der Waals surface area contributed by atoms with Crippen molar-refractivity contribution in [3.63, 3.8) is 0 Å². The van der Waals surface area contributed by atoms with Crippen molar-refractivity contribution in [2.24, 2.45) is 0 Å². The van der Waals surface area contributed by atoms with Gasteiger partial charge >= 0.3 is 0 Å². The maximum absolute atomic E-state index is 11.7. The van der Waals surface area contributed by atoms with Crippen LogP contribution in [0.3, 0.4) is 0 Å². The summed E-state index contributed by atoms with van der Waals surface area (Å²) in [7, 11) is 0. The number of hydrogen-bond donors (Lipinski definition) is 1. The van der Waals surface area contributed by atoms with Crippen LogP contribution in [0.25, 0.3) is 0 Å². The van der Waals surface area contributed by atoms with E-state index in [0.29, 0.717) is 17.5 Å². The normalized spacial score (nSPS) is 12.1. The minimum Gasteiger partial charge on any atom is -0.301 e. The smallest absolute Gasteiger partial charge is 0.226 e. The Balaban J connectivity index is 1.89. The van der Waals surface area contributed by atoms with E-state index >= 15 is 0 Å². The Morgan fingerprint density at radius 2 is 2.05 bits per heavy atom. The Morgan fingerprint density at radius 3 is 2.76 bits per heavy atom. The molecule has 1 unspecified atom stereocenters. The SMILES string of the molecule is CCCCC(=O)Nc1nnc(CC(C)c2ccccc2)s1. The lowest BCUT2D eigenvalue weighted by molar-refractivity contribution is -0.116. The lowest BCUT2D eigenvalue weighted by Gasteiger charge is -2.08. The van der Waals surface area contributed by atoms with E-state index in [1.807, 2.05) is 18.2 Å². The first kappa shape index (κ1) is 15.6. The van der Waals surface area contributed by atoms with Gasteiger partial charge in [-0.1, -0.05) is 61.9 Å². The number of amides is 1. The summed E-state index contributed by atoms with van der Waals surface area (Å²) in [5.74, 6) is 0.415. The van der Waals surface area contributed by atoms with E-state index in [4.69, 9.17) is 0 Å². The van der Waals surface area contributed by atoms with Crippen LogP contribution in [0.15, 0.2) is 30.3 Å². The number of anilines is 1. The maximum atomic E-state index is 11.7. The summed E-state index contributed by atoms with van der Waals surface area (Å²) in [6.45, 7) is 4.25. The third-order valence-electron chi connectivity index (χ3n) is 3.32. The van der Waals surface area contributed by atoms with E-state index in [-0.39, 0.29) is 5.91 Å². The molecule has 1 aromatic heterocycles. The quantitative estimate of drug-likeness (QED) is 0.840. The number of rotatable bonds is 7. The zero-order valence-electron chi connectivity index (χ0n) is 12.5. The van der Waals surface area contributed by atoms with Crippen molar-refractivity contribution < 1.29 is 4.79 Å². The molecular weight excluding hydrogens is 282 g/mol. The van der Waals surface area contributed by atoms with Gasteiger partial charge in [-0.3, -0.25) is 4.79 Å². The molecule has 0 spiro atoms. The summed E-state index contributed by atoms with van der Waals surface area (Å²) in [4.78, 5) is 11.7. The van der Waals surface area contributed by atoms with Gasteiger partial charge in [-0.05, 0) is 17.9 Å². The van der Waals surface area contributed by atoms with Gasteiger partial charge in [-0.15, -0.1) is 10.2 Å². The second kappa shape index (κ2) is 7.88. The molecule has 4 nitrogen and oxygen atoms in total. The summed E-state index contributed by atoms with van der Waals surface area (Å²) >= 11 is 1.46. The molecule has 1 N–H and O–H groups in total. The molecule has 0 saturated heterocycles. The third-order valence-corrected chi connectivity index (χ3v) is 4.18. The molecule has 5 heteroatoms. The summed E-state index contributed by atoms with van der Waals surface area (Å²) < 4.78 is 0. The fourth-order valence-electron chi connectivity index (χ4n) is 2.07. The van der Waals surface area contributed by atoms with Gasteiger partial charge in [0.15, 0.2) is 0 Å². The molecule has 0 bridgehead atoms. The Kier molecular flexibility index (Phi) is 5.87. The monoisotopic (exact) mass is 303 g/mol. The minimum absolute atomic E-state index is 0.0238. The lowest BCUT2D eigenvalue weighted by atomic mass is 9.98. The average molecular weight is 303 g/mol. The molecule has 0 aliphatic heterocycles. The Bertz CT molecular complexity index is 568. The van der Waals surface area contributed by atoms with Crippen LogP contribution < -0.4 is 5.32 Å². The molecule has 1 aromatic carbocycles. The molecule has 1 atom stereocenters. The number of nitrogens with zero attached hydrogens (tertiary/aromatic N) is 2. The van der Waals surface area contributed by atoms with Crippen molar-refractivity contribution in [1.82, 2.24) is 10.2 Å². The molecule has 0 saturated carbocycles. The summed E-state index contributed by atoms with van der Waals surface area (Å²) in [5.41, 5.74) is 1.29. The van der Waals surface area contributed by atoms with Gasteiger partial charge in [0, 0.05) is 12.8 Å². The summed E-state index contributed by atoms with van der Waals surface area (Å²) in [6.07, 6.45) is 3.31. The molecule has 2 aromatic rings. The van der Waals surface area contributed by atoms with Gasteiger partial charge in [0.2, 0.25) is 11.0 Å². The number of carbonyl (C=O) groups is 1. The standard InChI is InChI=1S/C16H21N3OS/c1-3-4-10-14(20)17-16-19-18-15(21-16)11-12(2)13-8-6-5-7-9-13/h5-9,12H,3-4,10-11H2,1-2H3,(H,17,19,20). The van der Waals surface area contributed by atoms with Crippen LogP contribution in [-0.2, 0) is 11.2 Å². The highest BCUT2D eigenvalue weighted by Gasteiger charge is 2.12. The second-order valence-electron chi connectivity index (χ2n) is 5.17. The van der Waals surface area contributed by atoms with Gasteiger partial charge < -0.3 is 5.32 Å². The minimum atomic E-state index is 0.0238. The molecule has 112 valence electrons. The third kappa shape index (κ3) is 4.93. The first-order valence-corrected chi connectivity index (χ1v) is 8.18. The lowest BCUT2D eigenvalue weighted by Crippen LogP contribution is -2.10. The number of nitrogens with one attached hydrogen (secondary N) is 1. The first-order chi connectivity index (χ1) is 10.2. The molecule has 1 amide bonds. The van der Waals surface area contributed by atoms with Crippen LogP contribution in [0.4, 0.5) is 5.13 Å². The molecule has 2 rings (SSSR count). The van der Waals surface area contributed by atoms with Crippen LogP contribution in [0.2, 0.25) is 0 Å². The fraction of sp³-hybridized carbons (Fsp3) is 0.438. The largest absolute Gasteiger partial charge is 0.301 e. The van der Waals surface area contributed by atoms with Gasteiger partial charge in [-0.2, -0.15) is 0 Å². The fourth-order valence-corrected chi connectivity index (χ4v) is 2.95. The number of aromatic nitrogens is 2. The van der Waals surface area contributed by atoms with E-state index in [2.05, 4.69) is 41.5 Å². The predicted molar refractivity (Wildman–Crippen MR) is 86.6 cm³/mol. The summed E-state index contributed by atoms with van der Waals surface area (Å²) in [6, 6.07) is 10.4. The maximum Gasteiger partial charge on any atom is 0.226 e. The zero-order chi connectivity index (χ0) is 15.1. The zero-order valence-corrected chi connectivity index (χ0v) is 13.3. The van der Waals surface area contributed by atoms with E-state index in [0.717, 1.165) is 24.3 Å². The van der Waals surface area contributed by atoms with Crippen LogP contribution in [0.5, 0.6) is 0 Å². The Hall–Kier alpha value is -1.75. The van der Waals surface area contributed by atoms with Crippen molar-refractivity contribution in [3.8, 4) is 0 Å². The van der Waals surface area contributed by atoms with E-state index in [1.165, 1.54) is 16.9 Å². The van der Waals surface area contributed by atoms with E-state index in [1.54, 1.807) is 0 Å². The van der Waals surface area contributed by atoms with E-state index in [9.17, 15) is 4.79 Å². The highest BCUT2D eigenvalue weighted by molar-refractivity contribution is 7.15. The molecule has 0 aliphatic rings. The van der Waals surface area contributed by atoms with Gasteiger partial charge in [0.05, 0.1) is 0 Å². The number of benzene rings is 1. The first-order valence-electron chi connectivity index (χ1n) is 7.36. The highest BCUT2D eigenvalue weighted by atomic mass is 32.1. The van der Waals surface area contributed by atoms with Crippen molar-refractivity contribution in [2.75, 3.05) is 5.32 Å². The number of hydrogen-bond acceptors (Lipinski definition) is 4. The Labute approximate surface area is 129 Å². The van der Waals surface area contributed by atoms with Gasteiger partial charge in [-0.25, -0.2) is 0 Å².